The number of rotatable bonds is 0. The molecular weight excluding hydrogens is 160 g/mol. The van der Waals surface area contributed by atoms with Crippen LogP contribution in [0.5, 0.6) is 5.75 Å². The molecule has 1 heteroatoms. The van der Waals surface area contributed by atoms with Crippen LogP contribution in [-0.2, 0) is 6.42 Å². The van der Waals surface area contributed by atoms with E-state index in [0.717, 1.165) is 18.8 Å². The molecule has 0 aliphatic carbocycles. The first kappa shape index (κ1) is 10.1. The molecule has 0 N–H and O–H groups in total. The maximum Gasteiger partial charge on any atom is 0.122 e. The van der Waals surface area contributed by atoms with Gasteiger partial charge >= 0.3 is 0 Å². The van der Waals surface area contributed by atoms with Crippen molar-refractivity contribution in [3.63, 3.8) is 0 Å². The molecule has 0 atom stereocenters. The minimum absolute atomic E-state index is 0.885. The van der Waals surface area contributed by atoms with Crippen molar-refractivity contribution in [2.24, 2.45) is 0 Å². The fourth-order valence-corrected chi connectivity index (χ4v) is 1.45. The predicted molar refractivity (Wildman–Crippen MR) is 56.3 cm³/mol. The largest absolute Gasteiger partial charge is 0.493 e. The quantitative estimate of drug-likeness (QED) is 0.592. The standard InChI is InChI=1S/C10H12O.C2H6/c1-8-4-5-9-3-2-6-11-10(9)7-8;1-2/h4-5,7H,2-3,6H2,1H3;1-2H3. The molecule has 1 aromatic rings. The van der Waals surface area contributed by atoms with Crippen molar-refractivity contribution >= 4 is 0 Å². The van der Waals surface area contributed by atoms with E-state index in [9.17, 15) is 0 Å². The van der Waals surface area contributed by atoms with Crippen LogP contribution in [0.3, 0.4) is 0 Å². The van der Waals surface area contributed by atoms with Gasteiger partial charge in [-0.15, -0.1) is 0 Å². The molecule has 0 bridgehead atoms. The Hall–Kier alpha value is -0.980. The SMILES string of the molecule is CC.Cc1ccc2c(c1)OCCC2. The highest BCUT2D eigenvalue weighted by atomic mass is 16.5. The van der Waals surface area contributed by atoms with Gasteiger partial charge in [0.05, 0.1) is 6.61 Å². The number of fused-ring (bicyclic) bond motifs is 1. The van der Waals surface area contributed by atoms with Gasteiger partial charge in [-0.25, -0.2) is 0 Å². The number of hydrogen-bond acceptors (Lipinski definition) is 1. The molecule has 0 spiro atoms. The summed E-state index contributed by atoms with van der Waals surface area (Å²) in [7, 11) is 0. The van der Waals surface area contributed by atoms with E-state index in [1.807, 2.05) is 13.8 Å². The van der Waals surface area contributed by atoms with Gasteiger partial charge in [0.25, 0.3) is 0 Å². The second-order valence-corrected chi connectivity index (χ2v) is 3.06. The minimum atomic E-state index is 0.885. The minimum Gasteiger partial charge on any atom is -0.493 e. The highest BCUT2D eigenvalue weighted by Gasteiger charge is 2.08. The predicted octanol–water partition coefficient (Wildman–Crippen LogP) is 3.35. The smallest absolute Gasteiger partial charge is 0.122 e. The van der Waals surface area contributed by atoms with Gasteiger partial charge in [0.1, 0.15) is 5.75 Å². The van der Waals surface area contributed by atoms with Gasteiger partial charge in [-0.3, -0.25) is 0 Å². The summed E-state index contributed by atoms with van der Waals surface area (Å²) in [6, 6.07) is 6.44. The lowest BCUT2D eigenvalue weighted by atomic mass is 10.0. The third-order valence-corrected chi connectivity index (χ3v) is 2.07. The van der Waals surface area contributed by atoms with Gasteiger partial charge < -0.3 is 4.74 Å². The third kappa shape index (κ3) is 2.48. The fraction of sp³-hybridized carbons (Fsp3) is 0.500. The van der Waals surface area contributed by atoms with Crippen LogP contribution in [0.25, 0.3) is 0 Å². The molecule has 72 valence electrons. The highest BCUT2D eigenvalue weighted by Crippen LogP contribution is 2.25. The molecule has 0 amide bonds. The van der Waals surface area contributed by atoms with E-state index >= 15 is 0 Å². The van der Waals surface area contributed by atoms with Crippen LogP contribution in [-0.4, -0.2) is 6.61 Å². The van der Waals surface area contributed by atoms with E-state index in [4.69, 9.17) is 4.74 Å². The first-order valence-corrected chi connectivity index (χ1v) is 5.08. The topological polar surface area (TPSA) is 9.23 Å². The Kier molecular flexibility index (Phi) is 3.81. The van der Waals surface area contributed by atoms with Crippen LogP contribution in [0.15, 0.2) is 18.2 Å². The van der Waals surface area contributed by atoms with Gasteiger partial charge in [-0.05, 0) is 37.0 Å². The lowest BCUT2D eigenvalue weighted by Gasteiger charge is -2.16. The summed E-state index contributed by atoms with van der Waals surface area (Å²) in [5, 5.41) is 0. The summed E-state index contributed by atoms with van der Waals surface area (Å²) in [5.41, 5.74) is 2.65. The van der Waals surface area contributed by atoms with Crippen LogP contribution in [0, 0.1) is 6.92 Å². The van der Waals surface area contributed by atoms with Crippen molar-refractivity contribution in [2.45, 2.75) is 33.6 Å². The van der Waals surface area contributed by atoms with Crippen molar-refractivity contribution in [1.82, 2.24) is 0 Å². The molecule has 0 unspecified atom stereocenters. The first-order chi connectivity index (χ1) is 6.36. The maximum atomic E-state index is 5.50. The van der Waals surface area contributed by atoms with Crippen LogP contribution >= 0.6 is 0 Å². The molecule has 1 aromatic carbocycles. The highest BCUT2D eigenvalue weighted by molar-refractivity contribution is 5.38. The second-order valence-electron chi connectivity index (χ2n) is 3.06. The van der Waals surface area contributed by atoms with Gasteiger partial charge in [0, 0.05) is 0 Å². The molecule has 2 rings (SSSR count). The van der Waals surface area contributed by atoms with Crippen LogP contribution in [0.2, 0.25) is 0 Å². The summed E-state index contributed by atoms with van der Waals surface area (Å²) in [6.45, 7) is 6.98. The average Bonchev–Trinajstić information content (AvgIpc) is 2.21. The zero-order valence-electron chi connectivity index (χ0n) is 8.76. The van der Waals surface area contributed by atoms with Gasteiger partial charge in [0.15, 0.2) is 0 Å². The van der Waals surface area contributed by atoms with E-state index in [-0.39, 0.29) is 0 Å². The van der Waals surface area contributed by atoms with E-state index in [2.05, 4.69) is 25.1 Å². The zero-order valence-corrected chi connectivity index (χ0v) is 8.76. The van der Waals surface area contributed by atoms with Gasteiger partial charge in [0.2, 0.25) is 0 Å². The lowest BCUT2D eigenvalue weighted by Crippen LogP contribution is -2.07. The summed E-state index contributed by atoms with van der Waals surface area (Å²) in [5.74, 6) is 1.09. The molecule has 0 aromatic heterocycles. The first-order valence-electron chi connectivity index (χ1n) is 5.08. The third-order valence-electron chi connectivity index (χ3n) is 2.07. The van der Waals surface area contributed by atoms with Gasteiger partial charge in [-0.2, -0.15) is 0 Å². The molecule has 0 saturated carbocycles. The second kappa shape index (κ2) is 4.90. The molecular formula is C12H18O. The molecule has 1 aliphatic rings. The summed E-state index contributed by atoms with van der Waals surface area (Å²) >= 11 is 0. The maximum absolute atomic E-state index is 5.50. The zero-order chi connectivity index (χ0) is 9.68. The molecule has 0 saturated heterocycles. The Morgan fingerprint density at radius 2 is 2.00 bits per heavy atom. The Morgan fingerprint density at radius 1 is 1.23 bits per heavy atom. The molecule has 1 aliphatic heterocycles. The Labute approximate surface area is 80.7 Å². The summed E-state index contributed by atoms with van der Waals surface area (Å²) in [6.07, 6.45) is 2.34. The van der Waals surface area contributed by atoms with Crippen molar-refractivity contribution in [3.05, 3.63) is 29.3 Å². The number of hydrogen-bond donors (Lipinski definition) is 0. The molecule has 13 heavy (non-hydrogen) atoms. The van der Waals surface area contributed by atoms with Crippen LogP contribution < -0.4 is 4.74 Å². The van der Waals surface area contributed by atoms with Crippen LogP contribution in [0.4, 0.5) is 0 Å². The van der Waals surface area contributed by atoms with E-state index in [1.54, 1.807) is 0 Å². The fourth-order valence-electron chi connectivity index (χ4n) is 1.45. The number of benzene rings is 1. The van der Waals surface area contributed by atoms with Crippen molar-refractivity contribution in [2.75, 3.05) is 6.61 Å². The molecule has 0 radical (unpaired) electrons. The van der Waals surface area contributed by atoms with Crippen LogP contribution in [0.1, 0.15) is 31.4 Å². The lowest BCUT2D eigenvalue weighted by molar-refractivity contribution is 0.288. The Balaban J connectivity index is 0.000000396. The van der Waals surface area contributed by atoms with E-state index in [1.165, 1.54) is 17.5 Å². The summed E-state index contributed by atoms with van der Waals surface area (Å²) < 4.78 is 5.50. The molecule has 0 fully saturated rings. The molecule has 1 heterocycles. The van der Waals surface area contributed by atoms with Crippen molar-refractivity contribution in [3.8, 4) is 5.75 Å². The van der Waals surface area contributed by atoms with E-state index in [0.29, 0.717) is 0 Å². The average molecular weight is 178 g/mol. The Bertz CT molecular complexity index is 266. The van der Waals surface area contributed by atoms with Gasteiger partial charge in [-0.1, -0.05) is 26.0 Å². The van der Waals surface area contributed by atoms with E-state index < -0.39 is 0 Å². The Morgan fingerprint density at radius 3 is 2.77 bits per heavy atom. The monoisotopic (exact) mass is 178 g/mol. The summed E-state index contributed by atoms with van der Waals surface area (Å²) in [4.78, 5) is 0. The van der Waals surface area contributed by atoms with Crippen molar-refractivity contribution < 1.29 is 4.74 Å². The number of aryl methyl sites for hydroxylation is 2. The molecule has 1 nitrogen and oxygen atoms in total. The number of ether oxygens (including phenoxy) is 1. The van der Waals surface area contributed by atoms with Crippen molar-refractivity contribution in [1.29, 1.82) is 0 Å². The normalized spacial score (nSPS) is 13.5.